The third kappa shape index (κ3) is 5.69. The van der Waals surface area contributed by atoms with E-state index < -0.39 is 6.04 Å². The van der Waals surface area contributed by atoms with E-state index in [1.165, 1.54) is 4.90 Å². The molecule has 0 spiro atoms. The lowest BCUT2D eigenvalue weighted by atomic mass is 10.0. The van der Waals surface area contributed by atoms with E-state index in [9.17, 15) is 14.4 Å². The van der Waals surface area contributed by atoms with Crippen molar-refractivity contribution in [3.8, 4) is 0 Å². The van der Waals surface area contributed by atoms with Crippen LogP contribution in [0.4, 0.5) is 5.69 Å². The summed E-state index contributed by atoms with van der Waals surface area (Å²) in [5.74, 6) is -0.865. The summed E-state index contributed by atoms with van der Waals surface area (Å²) in [5, 5.41) is 5.50. The van der Waals surface area contributed by atoms with Crippen LogP contribution in [0.1, 0.15) is 35.3 Å². The van der Waals surface area contributed by atoms with Crippen LogP contribution >= 0.6 is 23.2 Å². The zero-order chi connectivity index (χ0) is 28.4. The molecule has 1 N–H and O–H groups in total. The van der Waals surface area contributed by atoms with E-state index in [2.05, 4.69) is 5.32 Å². The molecule has 0 radical (unpaired) electrons. The van der Waals surface area contributed by atoms with E-state index in [0.29, 0.717) is 27.7 Å². The summed E-state index contributed by atoms with van der Waals surface area (Å²) in [7, 11) is 0. The monoisotopic (exact) mass is 573 g/mol. The Kier molecular flexibility index (Phi) is 8.10. The molecule has 0 saturated heterocycles. The molecule has 0 bridgehead atoms. The standard InChI is InChI=1S/C32H29Cl2N3O3/c1-20(2)35-31(39)28(17-21-8-4-3-5-9-21)36(18-22-14-15-25(33)26(34)16-22)29(38)19-37-27-13-7-11-23-10-6-12-24(30(23)27)32(37)40/h3-16,20,28H,17-19H2,1-2H3,(H,35,39). The van der Waals surface area contributed by atoms with Crippen LogP contribution in [-0.2, 0) is 22.6 Å². The third-order valence-corrected chi connectivity index (χ3v) is 7.72. The molecular weight excluding hydrogens is 545 g/mol. The molecule has 3 amide bonds. The molecule has 1 atom stereocenters. The molecule has 6 nitrogen and oxygen atoms in total. The normalized spacial score (nSPS) is 13.1. The van der Waals surface area contributed by atoms with E-state index in [0.717, 1.165) is 21.9 Å². The van der Waals surface area contributed by atoms with E-state index in [4.69, 9.17) is 23.2 Å². The van der Waals surface area contributed by atoms with Crippen molar-refractivity contribution in [1.29, 1.82) is 0 Å². The number of amides is 3. The molecule has 1 heterocycles. The van der Waals surface area contributed by atoms with E-state index >= 15 is 0 Å². The number of rotatable bonds is 9. The van der Waals surface area contributed by atoms with Crippen molar-refractivity contribution in [3.63, 3.8) is 0 Å². The van der Waals surface area contributed by atoms with Gasteiger partial charge in [0.2, 0.25) is 11.8 Å². The molecular formula is C32H29Cl2N3O3. The zero-order valence-corrected chi connectivity index (χ0v) is 23.7. The predicted molar refractivity (Wildman–Crippen MR) is 160 cm³/mol. The number of hydrogen-bond acceptors (Lipinski definition) is 3. The van der Waals surface area contributed by atoms with Crippen LogP contribution in [-0.4, -0.2) is 41.2 Å². The molecule has 204 valence electrons. The van der Waals surface area contributed by atoms with Crippen molar-refractivity contribution in [1.82, 2.24) is 10.2 Å². The third-order valence-electron chi connectivity index (χ3n) is 6.98. The number of benzene rings is 4. The van der Waals surface area contributed by atoms with Crippen LogP contribution in [0.15, 0.2) is 84.9 Å². The van der Waals surface area contributed by atoms with Gasteiger partial charge >= 0.3 is 0 Å². The van der Waals surface area contributed by atoms with E-state index in [1.54, 1.807) is 29.2 Å². The topological polar surface area (TPSA) is 69.7 Å². The second-order valence-electron chi connectivity index (χ2n) is 10.2. The smallest absolute Gasteiger partial charge is 0.259 e. The fraction of sp³-hybridized carbons (Fsp3) is 0.219. The maximum atomic E-state index is 14.2. The van der Waals surface area contributed by atoms with Crippen molar-refractivity contribution < 1.29 is 14.4 Å². The molecule has 4 aromatic carbocycles. The van der Waals surface area contributed by atoms with Gasteiger partial charge < -0.3 is 10.2 Å². The number of halogens is 2. The highest BCUT2D eigenvalue weighted by Crippen LogP contribution is 2.37. The molecule has 0 aliphatic carbocycles. The van der Waals surface area contributed by atoms with Gasteiger partial charge in [0.15, 0.2) is 0 Å². The number of hydrogen-bond donors (Lipinski definition) is 1. The number of nitrogens with zero attached hydrogens (tertiary/aromatic N) is 2. The van der Waals surface area contributed by atoms with Crippen molar-refractivity contribution in [3.05, 3.63) is 112 Å². The van der Waals surface area contributed by atoms with Crippen LogP contribution in [0.25, 0.3) is 10.8 Å². The Morgan fingerprint density at radius 2 is 1.60 bits per heavy atom. The quantitative estimate of drug-likeness (QED) is 0.256. The Hall–Kier alpha value is -3.87. The van der Waals surface area contributed by atoms with Crippen LogP contribution < -0.4 is 10.2 Å². The first-order valence-corrected chi connectivity index (χ1v) is 13.9. The molecule has 1 aliphatic rings. The maximum Gasteiger partial charge on any atom is 0.259 e. The fourth-order valence-electron chi connectivity index (χ4n) is 5.13. The average molecular weight is 575 g/mol. The summed E-state index contributed by atoms with van der Waals surface area (Å²) in [6.45, 7) is 3.65. The summed E-state index contributed by atoms with van der Waals surface area (Å²) < 4.78 is 0. The Balaban J connectivity index is 1.52. The van der Waals surface area contributed by atoms with Gasteiger partial charge in [-0.1, -0.05) is 83.9 Å². The summed E-state index contributed by atoms with van der Waals surface area (Å²) in [4.78, 5) is 44.3. The van der Waals surface area contributed by atoms with Crippen LogP contribution in [0.5, 0.6) is 0 Å². The van der Waals surface area contributed by atoms with Gasteiger partial charge in [-0.3, -0.25) is 19.3 Å². The highest BCUT2D eigenvalue weighted by molar-refractivity contribution is 6.42. The molecule has 0 saturated carbocycles. The molecule has 8 heteroatoms. The minimum absolute atomic E-state index is 0.109. The Labute approximate surface area is 243 Å². The first-order valence-electron chi connectivity index (χ1n) is 13.1. The average Bonchev–Trinajstić information content (AvgIpc) is 3.20. The Morgan fingerprint density at radius 3 is 2.30 bits per heavy atom. The van der Waals surface area contributed by atoms with Gasteiger partial charge in [-0.15, -0.1) is 0 Å². The summed E-state index contributed by atoms with van der Waals surface area (Å²) >= 11 is 12.5. The lowest BCUT2D eigenvalue weighted by Crippen LogP contribution is -2.54. The lowest BCUT2D eigenvalue weighted by molar-refractivity contribution is -0.140. The van der Waals surface area contributed by atoms with Gasteiger partial charge in [-0.25, -0.2) is 0 Å². The number of carbonyl (C=O) groups excluding carboxylic acids is 3. The second kappa shape index (κ2) is 11.7. The number of nitrogens with one attached hydrogen (secondary N) is 1. The highest BCUT2D eigenvalue weighted by Gasteiger charge is 2.36. The molecule has 0 aromatic heterocycles. The summed E-state index contributed by atoms with van der Waals surface area (Å²) in [6, 6.07) is 25.0. The molecule has 4 aromatic rings. The van der Waals surface area contributed by atoms with Crippen LogP contribution in [0.2, 0.25) is 10.0 Å². The van der Waals surface area contributed by atoms with E-state index in [-0.39, 0.29) is 36.9 Å². The Morgan fingerprint density at radius 1 is 0.875 bits per heavy atom. The maximum absolute atomic E-state index is 14.2. The fourth-order valence-corrected chi connectivity index (χ4v) is 5.45. The van der Waals surface area contributed by atoms with Crippen LogP contribution in [0, 0.1) is 0 Å². The SMILES string of the molecule is CC(C)NC(=O)C(Cc1ccccc1)N(Cc1ccc(Cl)c(Cl)c1)C(=O)CN1C(=O)c2cccc3cccc1c23. The zero-order valence-electron chi connectivity index (χ0n) is 22.2. The van der Waals surface area contributed by atoms with Crippen LogP contribution in [0.3, 0.4) is 0 Å². The predicted octanol–water partition coefficient (Wildman–Crippen LogP) is 6.27. The van der Waals surface area contributed by atoms with Gasteiger partial charge in [0.1, 0.15) is 12.6 Å². The molecule has 40 heavy (non-hydrogen) atoms. The van der Waals surface area contributed by atoms with Crippen molar-refractivity contribution in [2.75, 3.05) is 11.4 Å². The van der Waals surface area contributed by atoms with E-state index in [1.807, 2.05) is 74.5 Å². The second-order valence-corrected chi connectivity index (χ2v) is 11.0. The van der Waals surface area contributed by atoms with Gasteiger partial charge in [0.05, 0.1) is 15.7 Å². The highest BCUT2D eigenvalue weighted by atomic mass is 35.5. The minimum atomic E-state index is -0.831. The summed E-state index contributed by atoms with van der Waals surface area (Å²) in [6.07, 6.45) is 0.302. The van der Waals surface area contributed by atoms with Crippen molar-refractivity contribution in [2.24, 2.45) is 0 Å². The molecule has 1 aliphatic heterocycles. The van der Waals surface area contributed by atoms with Gasteiger partial charge in [-0.2, -0.15) is 0 Å². The largest absolute Gasteiger partial charge is 0.352 e. The van der Waals surface area contributed by atoms with Crippen molar-refractivity contribution in [2.45, 2.75) is 38.9 Å². The molecule has 5 rings (SSSR count). The minimum Gasteiger partial charge on any atom is -0.352 e. The Bertz CT molecular complexity index is 1580. The first kappa shape index (κ1) is 27.7. The van der Waals surface area contributed by atoms with Gasteiger partial charge in [0.25, 0.3) is 5.91 Å². The summed E-state index contributed by atoms with van der Waals surface area (Å²) in [5.41, 5.74) is 2.88. The van der Waals surface area contributed by atoms with Crippen molar-refractivity contribution >= 4 is 57.4 Å². The molecule has 1 unspecified atom stereocenters. The number of carbonyl (C=O) groups is 3. The lowest BCUT2D eigenvalue weighted by Gasteiger charge is -2.33. The number of anilines is 1. The first-order chi connectivity index (χ1) is 19.2. The molecule has 0 fully saturated rings. The van der Waals surface area contributed by atoms with Gasteiger partial charge in [-0.05, 0) is 54.6 Å². The van der Waals surface area contributed by atoms with Gasteiger partial charge in [0, 0.05) is 30.0 Å².